The molecule has 1 unspecified atom stereocenters. The van der Waals surface area contributed by atoms with E-state index in [2.05, 4.69) is 27.3 Å². The van der Waals surface area contributed by atoms with Crippen LogP contribution in [0.5, 0.6) is 0 Å². The van der Waals surface area contributed by atoms with Gasteiger partial charge in [-0.1, -0.05) is 54.4 Å². The molecule has 1 atom stereocenters. The van der Waals surface area contributed by atoms with Crippen LogP contribution in [0.25, 0.3) is 5.78 Å². The van der Waals surface area contributed by atoms with Gasteiger partial charge in [-0.15, -0.1) is 5.10 Å². The number of rotatable bonds is 8. The van der Waals surface area contributed by atoms with E-state index in [1.807, 2.05) is 32.0 Å². The number of hydrogen-bond acceptors (Lipinski definition) is 5. The Hall–Kier alpha value is -1.83. The normalized spacial score (nSPS) is 12.3. The van der Waals surface area contributed by atoms with Crippen molar-refractivity contribution < 1.29 is 4.79 Å². The van der Waals surface area contributed by atoms with Crippen molar-refractivity contribution in [2.75, 3.05) is 12.3 Å². The van der Waals surface area contributed by atoms with Gasteiger partial charge in [0.2, 0.25) is 11.1 Å². The molecule has 6 nitrogen and oxygen atoms in total. The second-order valence-electron chi connectivity index (χ2n) is 6.89. The van der Waals surface area contributed by atoms with Crippen LogP contribution < -0.4 is 5.32 Å². The molecule has 1 amide bonds. The highest BCUT2D eigenvalue weighted by molar-refractivity contribution is 7.99. The van der Waals surface area contributed by atoms with Gasteiger partial charge in [-0.2, -0.15) is 4.98 Å². The number of fused-ring (bicyclic) bond motifs is 1. The van der Waals surface area contributed by atoms with Crippen molar-refractivity contribution in [2.24, 2.45) is 0 Å². The Labute approximate surface area is 184 Å². The van der Waals surface area contributed by atoms with E-state index in [1.165, 1.54) is 11.8 Å². The molecule has 0 fully saturated rings. The van der Waals surface area contributed by atoms with E-state index in [0.717, 1.165) is 29.8 Å². The molecule has 1 N–H and O–H groups in total. The topological polar surface area (TPSA) is 72.2 Å². The first-order valence-corrected chi connectivity index (χ1v) is 11.2. The van der Waals surface area contributed by atoms with Crippen LogP contribution in [0.2, 0.25) is 10.0 Å². The minimum atomic E-state index is -0.0686. The Balaban J connectivity index is 1.59. The summed E-state index contributed by atoms with van der Waals surface area (Å²) in [6.07, 6.45) is 1.91. The molecule has 154 valence electrons. The van der Waals surface area contributed by atoms with E-state index in [9.17, 15) is 4.79 Å². The number of halogens is 2. The number of carbonyl (C=O) groups excluding carboxylic acids is 1. The van der Waals surface area contributed by atoms with Gasteiger partial charge >= 0.3 is 0 Å². The SMILES string of the molecule is CCCC(CNC(=O)CSc1nc2nc(C)cc(C)n2n1)c1ccc(Cl)cc1Cl. The maximum absolute atomic E-state index is 12.4. The Morgan fingerprint density at radius 3 is 2.76 bits per heavy atom. The van der Waals surface area contributed by atoms with Crippen LogP contribution in [0.3, 0.4) is 0 Å². The average molecular weight is 452 g/mol. The summed E-state index contributed by atoms with van der Waals surface area (Å²) in [4.78, 5) is 21.1. The minimum Gasteiger partial charge on any atom is -0.355 e. The molecule has 0 aliphatic heterocycles. The molecule has 9 heteroatoms. The lowest BCUT2D eigenvalue weighted by Crippen LogP contribution is -2.30. The molecule has 0 spiro atoms. The van der Waals surface area contributed by atoms with Gasteiger partial charge in [0.1, 0.15) is 0 Å². The van der Waals surface area contributed by atoms with Crippen LogP contribution in [-0.2, 0) is 4.79 Å². The molecule has 1 aromatic carbocycles. The van der Waals surface area contributed by atoms with Gasteiger partial charge in [-0.05, 0) is 44.0 Å². The molecule has 0 aliphatic carbocycles. The Kier molecular flexibility index (Phi) is 7.38. The van der Waals surface area contributed by atoms with Gasteiger partial charge in [0.25, 0.3) is 5.78 Å². The molecular weight excluding hydrogens is 429 g/mol. The molecular formula is C20H23Cl2N5OS. The second kappa shape index (κ2) is 9.78. The molecule has 3 aromatic rings. The fourth-order valence-corrected chi connectivity index (χ4v) is 4.39. The molecule has 0 bridgehead atoms. The summed E-state index contributed by atoms with van der Waals surface area (Å²) in [5.41, 5.74) is 2.85. The fraction of sp³-hybridized carbons (Fsp3) is 0.400. The number of hydrogen-bond donors (Lipinski definition) is 1. The van der Waals surface area contributed by atoms with Crippen molar-refractivity contribution in [1.82, 2.24) is 24.9 Å². The van der Waals surface area contributed by atoms with E-state index in [1.54, 1.807) is 10.6 Å². The third kappa shape index (κ3) is 5.62. The van der Waals surface area contributed by atoms with Crippen LogP contribution in [0.1, 0.15) is 42.6 Å². The lowest BCUT2D eigenvalue weighted by Gasteiger charge is -2.19. The number of carbonyl (C=O) groups is 1. The maximum atomic E-state index is 12.4. The summed E-state index contributed by atoms with van der Waals surface area (Å²) in [6.45, 7) is 6.50. The molecule has 0 saturated heterocycles. The van der Waals surface area contributed by atoms with Crippen molar-refractivity contribution in [3.63, 3.8) is 0 Å². The first-order chi connectivity index (χ1) is 13.9. The van der Waals surface area contributed by atoms with Crippen molar-refractivity contribution in [3.8, 4) is 0 Å². The Morgan fingerprint density at radius 1 is 1.24 bits per heavy atom. The number of thioether (sulfide) groups is 1. The molecule has 0 saturated carbocycles. The number of aryl methyl sites for hydroxylation is 2. The first-order valence-electron chi connectivity index (χ1n) is 9.42. The van der Waals surface area contributed by atoms with Crippen LogP contribution in [-0.4, -0.2) is 37.8 Å². The van der Waals surface area contributed by atoms with Crippen molar-refractivity contribution >= 4 is 46.6 Å². The standard InChI is InChI=1S/C20H23Cl2N5OS/c1-4-5-14(16-7-6-15(21)9-17(16)22)10-23-18(28)11-29-20-25-19-24-12(2)8-13(3)27(19)26-20/h6-9,14H,4-5,10-11H2,1-3H3,(H,23,28). The quantitative estimate of drug-likeness (QED) is 0.495. The van der Waals surface area contributed by atoms with E-state index < -0.39 is 0 Å². The number of amides is 1. The number of aromatic nitrogens is 4. The summed E-state index contributed by atoms with van der Waals surface area (Å²) in [7, 11) is 0. The van der Waals surface area contributed by atoms with Crippen LogP contribution in [0, 0.1) is 13.8 Å². The van der Waals surface area contributed by atoms with Gasteiger partial charge in [0, 0.05) is 33.9 Å². The van der Waals surface area contributed by atoms with Crippen LogP contribution in [0.4, 0.5) is 0 Å². The number of benzene rings is 1. The van der Waals surface area contributed by atoms with Gasteiger partial charge in [0.05, 0.1) is 5.75 Å². The highest BCUT2D eigenvalue weighted by Crippen LogP contribution is 2.30. The molecule has 2 heterocycles. The third-order valence-electron chi connectivity index (χ3n) is 4.52. The monoisotopic (exact) mass is 451 g/mol. The largest absolute Gasteiger partial charge is 0.355 e. The van der Waals surface area contributed by atoms with Gasteiger partial charge in [-0.3, -0.25) is 4.79 Å². The highest BCUT2D eigenvalue weighted by atomic mass is 35.5. The summed E-state index contributed by atoms with van der Waals surface area (Å²) in [6, 6.07) is 7.45. The molecule has 0 radical (unpaired) electrons. The molecule has 29 heavy (non-hydrogen) atoms. The van der Waals surface area contributed by atoms with Gasteiger partial charge < -0.3 is 5.32 Å². The lowest BCUT2D eigenvalue weighted by molar-refractivity contribution is -0.118. The Bertz CT molecular complexity index is 1020. The zero-order chi connectivity index (χ0) is 21.0. The number of nitrogens with zero attached hydrogens (tertiary/aromatic N) is 4. The highest BCUT2D eigenvalue weighted by Gasteiger charge is 2.16. The summed E-state index contributed by atoms with van der Waals surface area (Å²) < 4.78 is 1.69. The fourth-order valence-electron chi connectivity index (χ4n) is 3.18. The first kappa shape index (κ1) is 21.9. The Morgan fingerprint density at radius 2 is 2.03 bits per heavy atom. The zero-order valence-electron chi connectivity index (χ0n) is 16.6. The minimum absolute atomic E-state index is 0.0686. The smallest absolute Gasteiger partial charge is 0.253 e. The van der Waals surface area contributed by atoms with Crippen molar-refractivity contribution in [3.05, 3.63) is 51.3 Å². The lowest BCUT2D eigenvalue weighted by atomic mass is 9.94. The van der Waals surface area contributed by atoms with E-state index in [4.69, 9.17) is 23.2 Å². The van der Waals surface area contributed by atoms with Crippen molar-refractivity contribution in [1.29, 1.82) is 0 Å². The predicted octanol–water partition coefficient (Wildman–Crippen LogP) is 4.84. The van der Waals surface area contributed by atoms with E-state index >= 15 is 0 Å². The van der Waals surface area contributed by atoms with Crippen LogP contribution >= 0.6 is 35.0 Å². The third-order valence-corrected chi connectivity index (χ3v) is 5.92. The summed E-state index contributed by atoms with van der Waals surface area (Å²) in [5, 5.41) is 9.19. The van der Waals surface area contributed by atoms with Crippen molar-refractivity contribution in [2.45, 2.75) is 44.7 Å². The average Bonchev–Trinajstić information content (AvgIpc) is 3.07. The maximum Gasteiger partial charge on any atom is 0.253 e. The molecule has 2 aromatic heterocycles. The summed E-state index contributed by atoms with van der Waals surface area (Å²) in [5.74, 6) is 0.857. The second-order valence-corrected chi connectivity index (χ2v) is 8.68. The van der Waals surface area contributed by atoms with E-state index in [-0.39, 0.29) is 17.6 Å². The van der Waals surface area contributed by atoms with Gasteiger partial charge in [-0.25, -0.2) is 9.50 Å². The zero-order valence-corrected chi connectivity index (χ0v) is 18.9. The number of nitrogens with one attached hydrogen (secondary N) is 1. The summed E-state index contributed by atoms with van der Waals surface area (Å²) >= 11 is 13.6. The molecule has 3 rings (SSSR count). The predicted molar refractivity (Wildman–Crippen MR) is 118 cm³/mol. The van der Waals surface area contributed by atoms with Gasteiger partial charge in [0.15, 0.2) is 0 Å². The van der Waals surface area contributed by atoms with E-state index in [0.29, 0.717) is 27.5 Å². The molecule has 0 aliphatic rings. The van der Waals surface area contributed by atoms with Crippen LogP contribution in [0.15, 0.2) is 29.4 Å².